The topological polar surface area (TPSA) is 108 Å². The van der Waals surface area contributed by atoms with Gasteiger partial charge in [-0.2, -0.15) is 0 Å². The molecular formula is C27H35N3O6S. The van der Waals surface area contributed by atoms with E-state index < -0.39 is 15.4 Å². The Morgan fingerprint density at radius 2 is 1.65 bits per heavy atom. The van der Waals surface area contributed by atoms with Crippen LogP contribution in [0.25, 0.3) is 0 Å². The maximum Gasteiger partial charge on any atom is 0.410 e. The molecule has 2 atom stereocenters. The van der Waals surface area contributed by atoms with E-state index in [0.717, 1.165) is 25.7 Å². The van der Waals surface area contributed by atoms with Gasteiger partial charge in [0.25, 0.3) is 0 Å². The highest BCUT2D eigenvalue weighted by Crippen LogP contribution is 2.40. The minimum absolute atomic E-state index is 0.0775. The van der Waals surface area contributed by atoms with E-state index in [2.05, 4.69) is 9.97 Å². The Morgan fingerprint density at radius 3 is 2.24 bits per heavy atom. The van der Waals surface area contributed by atoms with Crippen LogP contribution < -0.4 is 9.47 Å². The lowest BCUT2D eigenvalue weighted by atomic mass is 10.00. The zero-order valence-electron chi connectivity index (χ0n) is 22.1. The number of piperidine rings is 1. The molecule has 2 saturated heterocycles. The second kappa shape index (κ2) is 9.45. The largest absolute Gasteiger partial charge is 0.474 e. The summed E-state index contributed by atoms with van der Waals surface area (Å²) in [6, 6.07) is 5.11. The number of rotatable bonds is 6. The standard InChI is InChI=1S/C27H35N3O6S/c1-16-12-22(37(32,33)21-8-9-21)10-11-23(16)35-25-17(2)24(28-15-29-25)34-20-13-18-6-7-19(14-20)30(18)26(31)36-27(3,4)5/h10-12,15,18-21H,6-9,13-14H2,1-5H3. The van der Waals surface area contributed by atoms with Gasteiger partial charge in [-0.3, -0.25) is 0 Å². The van der Waals surface area contributed by atoms with Crippen molar-refractivity contribution in [2.75, 3.05) is 0 Å². The molecule has 9 nitrogen and oxygen atoms in total. The molecule has 2 unspecified atom stereocenters. The number of aromatic nitrogens is 2. The Balaban J connectivity index is 1.27. The van der Waals surface area contributed by atoms with Gasteiger partial charge in [0.2, 0.25) is 11.8 Å². The lowest BCUT2D eigenvalue weighted by Crippen LogP contribution is -2.50. The third-order valence-electron chi connectivity index (χ3n) is 7.21. The Bertz CT molecular complexity index is 1290. The average molecular weight is 530 g/mol. The first-order valence-corrected chi connectivity index (χ1v) is 14.5. The smallest absolute Gasteiger partial charge is 0.410 e. The number of carbonyl (C=O) groups is 1. The highest BCUT2D eigenvalue weighted by Gasteiger charge is 2.46. The van der Waals surface area contributed by atoms with Gasteiger partial charge in [-0.1, -0.05) is 0 Å². The number of hydrogen-bond acceptors (Lipinski definition) is 8. The first-order valence-electron chi connectivity index (χ1n) is 12.9. The van der Waals surface area contributed by atoms with E-state index >= 15 is 0 Å². The summed E-state index contributed by atoms with van der Waals surface area (Å²) < 4.78 is 43.1. The second-order valence-corrected chi connectivity index (χ2v) is 13.6. The van der Waals surface area contributed by atoms with Crippen LogP contribution in [0.15, 0.2) is 29.4 Å². The lowest BCUT2D eigenvalue weighted by molar-refractivity contribution is -0.00773. The molecule has 3 heterocycles. The van der Waals surface area contributed by atoms with Gasteiger partial charge in [-0.25, -0.2) is 23.2 Å². The maximum absolute atomic E-state index is 12.7. The first kappa shape index (κ1) is 25.8. The Hall–Kier alpha value is -2.88. The lowest BCUT2D eigenvalue weighted by Gasteiger charge is -2.39. The van der Waals surface area contributed by atoms with Crippen molar-refractivity contribution in [2.45, 2.75) is 107 Å². The van der Waals surface area contributed by atoms with E-state index in [-0.39, 0.29) is 29.5 Å². The van der Waals surface area contributed by atoms with Gasteiger partial charge in [0.1, 0.15) is 23.8 Å². The molecule has 0 spiro atoms. The molecule has 1 saturated carbocycles. The monoisotopic (exact) mass is 529 g/mol. The summed E-state index contributed by atoms with van der Waals surface area (Å²) in [5.74, 6) is 1.34. The summed E-state index contributed by atoms with van der Waals surface area (Å²) in [4.78, 5) is 23.6. The molecule has 2 bridgehead atoms. The van der Waals surface area contributed by atoms with E-state index in [0.29, 0.717) is 46.4 Å². The van der Waals surface area contributed by atoms with Crippen LogP contribution in [0.4, 0.5) is 4.79 Å². The second-order valence-electron chi connectivity index (χ2n) is 11.4. The van der Waals surface area contributed by atoms with E-state index in [1.165, 1.54) is 6.33 Å². The summed E-state index contributed by atoms with van der Waals surface area (Å²) in [7, 11) is -3.27. The molecule has 0 N–H and O–H groups in total. The van der Waals surface area contributed by atoms with Crippen molar-refractivity contribution in [3.05, 3.63) is 35.7 Å². The number of fused-ring (bicyclic) bond motifs is 2. The Kier molecular flexibility index (Phi) is 6.58. The quantitative estimate of drug-likeness (QED) is 0.507. The predicted molar refractivity (Wildman–Crippen MR) is 137 cm³/mol. The Labute approximate surface area is 218 Å². The molecule has 200 valence electrons. The van der Waals surface area contributed by atoms with Gasteiger partial charge < -0.3 is 19.1 Å². The number of amides is 1. The van der Waals surface area contributed by atoms with Crippen LogP contribution in [0.5, 0.6) is 17.5 Å². The predicted octanol–water partition coefficient (Wildman–Crippen LogP) is 5.13. The van der Waals surface area contributed by atoms with Crippen LogP contribution in [0.1, 0.15) is 70.4 Å². The van der Waals surface area contributed by atoms with Crippen LogP contribution in [-0.4, -0.2) is 58.4 Å². The molecule has 1 aliphatic carbocycles. The van der Waals surface area contributed by atoms with Crippen molar-refractivity contribution in [1.82, 2.24) is 14.9 Å². The van der Waals surface area contributed by atoms with Crippen LogP contribution in [0.3, 0.4) is 0 Å². The number of ether oxygens (including phenoxy) is 3. The molecule has 3 fully saturated rings. The third-order valence-corrected chi connectivity index (χ3v) is 9.47. The molecule has 3 aliphatic rings. The van der Waals surface area contributed by atoms with Crippen molar-refractivity contribution in [1.29, 1.82) is 0 Å². The fraction of sp³-hybridized carbons (Fsp3) is 0.593. The van der Waals surface area contributed by atoms with Gasteiger partial charge in [0, 0.05) is 24.9 Å². The van der Waals surface area contributed by atoms with Gasteiger partial charge >= 0.3 is 6.09 Å². The van der Waals surface area contributed by atoms with Crippen molar-refractivity contribution >= 4 is 15.9 Å². The van der Waals surface area contributed by atoms with Crippen LogP contribution >= 0.6 is 0 Å². The molecule has 1 aromatic carbocycles. The van der Waals surface area contributed by atoms with Gasteiger partial charge in [-0.15, -0.1) is 0 Å². The van der Waals surface area contributed by atoms with E-state index in [1.807, 2.05) is 39.5 Å². The van der Waals surface area contributed by atoms with Crippen molar-refractivity contribution in [3.63, 3.8) is 0 Å². The van der Waals surface area contributed by atoms with E-state index in [9.17, 15) is 13.2 Å². The molecule has 2 aliphatic heterocycles. The fourth-order valence-corrected chi connectivity index (χ4v) is 6.96. The number of carbonyl (C=O) groups excluding carboxylic acids is 1. The van der Waals surface area contributed by atoms with Crippen molar-refractivity contribution in [3.8, 4) is 17.5 Å². The van der Waals surface area contributed by atoms with E-state index in [4.69, 9.17) is 14.2 Å². The molecule has 0 radical (unpaired) electrons. The highest BCUT2D eigenvalue weighted by molar-refractivity contribution is 7.92. The first-order chi connectivity index (χ1) is 17.4. The molecule has 2 aromatic rings. The third kappa shape index (κ3) is 5.39. The number of sulfone groups is 1. The van der Waals surface area contributed by atoms with Crippen LogP contribution in [0.2, 0.25) is 0 Å². The molecule has 1 amide bonds. The van der Waals surface area contributed by atoms with Crippen molar-refractivity contribution in [2.24, 2.45) is 0 Å². The van der Waals surface area contributed by atoms with Crippen LogP contribution in [0, 0.1) is 13.8 Å². The Morgan fingerprint density at radius 1 is 1.00 bits per heavy atom. The minimum atomic E-state index is -3.27. The molecule has 37 heavy (non-hydrogen) atoms. The number of benzene rings is 1. The fourth-order valence-electron chi connectivity index (χ4n) is 5.22. The van der Waals surface area contributed by atoms with Crippen LogP contribution in [-0.2, 0) is 14.6 Å². The number of nitrogens with zero attached hydrogens (tertiary/aromatic N) is 3. The zero-order valence-corrected chi connectivity index (χ0v) is 22.9. The molecule has 1 aromatic heterocycles. The zero-order chi connectivity index (χ0) is 26.5. The summed E-state index contributed by atoms with van der Waals surface area (Å²) in [6.07, 6.45) is 5.83. The van der Waals surface area contributed by atoms with Gasteiger partial charge in [0.05, 0.1) is 15.7 Å². The summed E-state index contributed by atoms with van der Waals surface area (Å²) in [5.41, 5.74) is 0.856. The number of aryl methyl sites for hydroxylation is 1. The number of hydrogen-bond donors (Lipinski definition) is 0. The molecule has 5 rings (SSSR count). The highest BCUT2D eigenvalue weighted by atomic mass is 32.2. The van der Waals surface area contributed by atoms with E-state index in [1.54, 1.807) is 18.2 Å². The summed E-state index contributed by atoms with van der Waals surface area (Å²) in [5, 5.41) is -0.256. The van der Waals surface area contributed by atoms with Gasteiger partial charge in [-0.05, 0) is 84.1 Å². The van der Waals surface area contributed by atoms with Gasteiger partial charge in [0.15, 0.2) is 9.84 Å². The van der Waals surface area contributed by atoms with Crippen molar-refractivity contribution < 1.29 is 27.4 Å². The minimum Gasteiger partial charge on any atom is -0.474 e. The summed E-state index contributed by atoms with van der Waals surface area (Å²) in [6.45, 7) is 9.31. The molecular weight excluding hydrogens is 494 g/mol. The maximum atomic E-state index is 12.7. The molecule has 10 heteroatoms. The summed E-state index contributed by atoms with van der Waals surface area (Å²) >= 11 is 0. The normalized spacial score (nSPS) is 23.6. The average Bonchev–Trinajstić information content (AvgIpc) is 3.62. The SMILES string of the molecule is Cc1cc(S(=O)(=O)C2CC2)ccc1Oc1ncnc(OC2CC3CCC(C2)N3C(=O)OC(C)(C)C)c1C.